The molecule has 0 amide bonds. The second-order valence-electron chi connectivity index (χ2n) is 3.74. The van der Waals surface area contributed by atoms with Crippen LogP contribution in [0.4, 0.5) is 0 Å². The van der Waals surface area contributed by atoms with Gasteiger partial charge in [0, 0.05) is 0 Å². The van der Waals surface area contributed by atoms with Gasteiger partial charge in [-0.1, -0.05) is 18.2 Å². The van der Waals surface area contributed by atoms with Gasteiger partial charge in [-0.2, -0.15) is 14.9 Å². The fourth-order valence-electron chi connectivity index (χ4n) is 1.54. The summed E-state index contributed by atoms with van der Waals surface area (Å²) in [6.07, 6.45) is 1.58. The maximum Gasteiger partial charge on any atom is 0.130 e. The summed E-state index contributed by atoms with van der Waals surface area (Å²) in [6, 6.07) is 13.4. The van der Waals surface area contributed by atoms with Crippen molar-refractivity contribution in [3.8, 4) is 22.6 Å². The van der Waals surface area contributed by atoms with Crippen LogP contribution in [0, 0.1) is 29.6 Å². The van der Waals surface area contributed by atoms with E-state index in [-0.39, 0.29) is 5.57 Å². The van der Waals surface area contributed by atoms with Gasteiger partial charge in [-0.25, -0.2) is 0 Å². The summed E-state index contributed by atoms with van der Waals surface area (Å²) in [6.45, 7) is 1.95. The topological polar surface area (TPSA) is 60.5 Å². The van der Waals surface area contributed by atoms with Gasteiger partial charge in [0.05, 0.1) is 10.6 Å². The lowest BCUT2D eigenvalue weighted by Gasteiger charge is -1.98. The first-order chi connectivity index (χ1) is 8.72. The van der Waals surface area contributed by atoms with Crippen molar-refractivity contribution < 1.29 is 0 Å². The fourth-order valence-corrected chi connectivity index (χ4v) is 2.29. The number of hydrogen-bond acceptors (Lipinski definition) is 4. The zero-order valence-corrected chi connectivity index (χ0v) is 10.5. The van der Waals surface area contributed by atoms with E-state index < -0.39 is 0 Å². The Kier molecular flexibility index (Phi) is 3.52. The SMILES string of the molecule is Cc1cc(-c2cccc(C=C(C#N)C#N)c2)sn1. The quantitative estimate of drug-likeness (QED) is 0.767. The van der Waals surface area contributed by atoms with Crippen LogP contribution in [0.3, 0.4) is 0 Å². The van der Waals surface area contributed by atoms with E-state index in [0.717, 1.165) is 21.7 Å². The van der Waals surface area contributed by atoms with Crippen molar-refractivity contribution in [2.75, 3.05) is 0 Å². The Balaban J connectivity index is 2.41. The van der Waals surface area contributed by atoms with Crippen molar-refractivity contribution in [3.05, 3.63) is 47.2 Å². The first-order valence-corrected chi connectivity index (χ1v) is 6.06. The van der Waals surface area contributed by atoms with Crippen LogP contribution >= 0.6 is 11.5 Å². The molecular weight excluding hydrogens is 242 g/mol. The summed E-state index contributed by atoms with van der Waals surface area (Å²) < 4.78 is 4.24. The predicted octanol–water partition coefficient (Wildman–Crippen LogP) is 3.55. The van der Waals surface area contributed by atoms with Crippen LogP contribution in [0.2, 0.25) is 0 Å². The fraction of sp³-hybridized carbons (Fsp3) is 0.0714. The third kappa shape index (κ3) is 2.63. The summed E-state index contributed by atoms with van der Waals surface area (Å²) in [5, 5.41) is 17.5. The molecule has 18 heavy (non-hydrogen) atoms. The van der Waals surface area contributed by atoms with E-state index in [0.29, 0.717) is 0 Å². The van der Waals surface area contributed by atoms with E-state index in [1.54, 1.807) is 6.08 Å². The van der Waals surface area contributed by atoms with Gasteiger partial charge in [0.25, 0.3) is 0 Å². The molecule has 2 rings (SSSR count). The minimum absolute atomic E-state index is 0.104. The maximum absolute atomic E-state index is 8.73. The van der Waals surface area contributed by atoms with Crippen LogP contribution in [0.5, 0.6) is 0 Å². The molecule has 3 nitrogen and oxygen atoms in total. The van der Waals surface area contributed by atoms with Crippen molar-refractivity contribution in [1.82, 2.24) is 4.37 Å². The van der Waals surface area contributed by atoms with Crippen LogP contribution in [-0.4, -0.2) is 4.37 Å². The number of benzene rings is 1. The molecule has 0 aliphatic heterocycles. The second kappa shape index (κ2) is 5.27. The minimum Gasteiger partial charge on any atom is -0.197 e. The highest BCUT2D eigenvalue weighted by molar-refractivity contribution is 7.09. The summed E-state index contributed by atoms with van der Waals surface area (Å²) >= 11 is 1.44. The number of allylic oxidation sites excluding steroid dienone is 1. The molecule has 1 aromatic carbocycles. The Morgan fingerprint density at radius 2 is 2.06 bits per heavy atom. The first kappa shape index (κ1) is 12.0. The smallest absolute Gasteiger partial charge is 0.130 e. The van der Waals surface area contributed by atoms with Crippen LogP contribution < -0.4 is 0 Å². The van der Waals surface area contributed by atoms with E-state index in [4.69, 9.17) is 10.5 Å². The van der Waals surface area contributed by atoms with Gasteiger partial charge in [0.1, 0.15) is 17.7 Å². The molecule has 0 aliphatic rings. The van der Waals surface area contributed by atoms with E-state index in [1.807, 2.05) is 49.4 Å². The molecular formula is C14H9N3S. The Morgan fingerprint density at radius 1 is 1.28 bits per heavy atom. The number of nitrogens with zero attached hydrogens (tertiary/aromatic N) is 3. The molecule has 0 aliphatic carbocycles. The van der Waals surface area contributed by atoms with E-state index >= 15 is 0 Å². The third-order valence-corrected chi connectivity index (χ3v) is 3.28. The van der Waals surface area contributed by atoms with Gasteiger partial charge in [0.15, 0.2) is 0 Å². The largest absolute Gasteiger partial charge is 0.197 e. The van der Waals surface area contributed by atoms with Crippen LogP contribution in [0.1, 0.15) is 11.3 Å². The van der Waals surface area contributed by atoms with Crippen LogP contribution in [-0.2, 0) is 0 Å². The number of aromatic nitrogens is 1. The van der Waals surface area contributed by atoms with Crippen molar-refractivity contribution in [2.45, 2.75) is 6.92 Å². The number of rotatable bonds is 2. The zero-order chi connectivity index (χ0) is 13.0. The number of nitriles is 2. The van der Waals surface area contributed by atoms with Gasteiger partial charge in [-0.3, -0.25) is 0 Å². The molecule has 0 saturated heterocycles. The second-order valence-corrected chi connectivity index (χ2v) is 4.54. The van der Waals surface area contributed by atoms with Crippen molar-refractivity contribution >= 4 is 17.6 Å². The monoisotopic (exact) mass is 251 g/mol. The minimum atomic E-state index is 0.104. The zero-order valence-electron chi connectivity index (χ0n) is 9.71. The third-order valence-electron chi connectivity index (χ3n) is 2.35. The highest BCUT2D eigenvalue weighted by Gasteiger charge is 2.02. The Morgan fingerprint density at radius 3 is 2.67 bits per heavy atom. The van der Waals surface area contributed by atoms with E-state index in [9.17, 15) is 0 Å². The lowest BCUT2D eigenvalue weighted by molar-refractivity contribution is 1.35. The lowest BCUT2D eigenvalue weighted by Crippen LogP contribution is -1.78. The van der Waals surface area contributed by atoms with Gasteiger partial charge >= 0.3 is 0 Å². The normalized spacial score (nSPS) is 9.28. The Bertz CT molecular complexity index is 668. The molecule has 1 heterocycles. The van der Waals surface area contributed by atoms with Gasteiger partial charge in [-0.15, -0.1) is 0 Å². The molecule has 0 N–H and O–H groups in total. The van der Waals surface area contributed by atoms with E-state index in [1.165, 1.54) is 11.5 Å². The molecule has 1 aromatic heterocycles. The average Bonchev–Trinajstić information content (AvgIpc) is 2.83. The maximum atomic E-state index is 8.73. The molecule has 0 fully saturated rings. The molecule has 0 atom stereocenters. The van der Waals surface area contributed by atoms with Gasteiger partial charge in [-0.05, 0) is 47.8 Å². The molecule has 0 radical (unpaired) electrons. The summed E-state index contributed by atoms with van der Waals surface area (Å²) in [5.41, 5.74) is 2.99. The summed E-state index contributed by atoms with van der Waals surface area (Å²) in [7, 11) is 0. The standard InChI is InChI=1S/C14H9N3S/c1-10-5-14(18-17-10)13-4-2-3-11(7-13)6-12(8-15)9-16/h2-7H,1H3. The van der Waals surface area contributed by atoms with Crippen molar-refractivity contribution in [2.24, 2.45) is 0 Å². The average molecular weight is 251 g/mol. The molecule has 2 aromatic rings. The van der Waals surface area contributed by atoms with Crippen LogP contribution in [0.25, 0.3) is 16.5 Å². The van der Waals surface area contributed by atoms with Crippen molar-refractivity contribution in [3.63, 3.8) is 0 Å². The molecule has 0 spiro atoms. The van der Waals surface area contributed by atoms with Crippen molar-refractivity contribution in [1.29, 1.82) is 10.5 Å². The van der Waals surface area contributed by atoms with E-state index in [2.05, 4.69) is 4.37 Å². The predicted molar refractivity (Wildman–Crippen MR) is 71.5 cm³/mol. The summed E-state index contributed by atoms with van der Waals surface area (Å²) in [4.78, 5) is 1.08. The highest BCUT2D eigenvalue weighted by Crippen LogP contribution is 2.25. The molecule has 86 valence electrons. The first-order valence-electron chi connectivity index (χ1n) is 5.28. The molecule has 4 heteroatoms. The lowest BCUT2D eigenvalue weighted by atomic mass is 10.1. The van der Waals surface area contributed by atoms with Crippen LogP contribution in [0.15, 0.2) is 35.9 Å². The summed E-state index contributed by atoms with van der Waals surface area (Å²) in [5.74, 6) is 0. The Hall–Kier alpha value is -2.43. The molecule has 0 saturated carbocycles. The highest BCUT2D eigenvalue weighted by atomic mass is 32.1. The Labute approximate surface area is 109 Å². The van der Waals surface area contributed by atoms with Gasteiger partial charge in [0.2, 0.25) is 0 Å². The number of hydrogen-bond donors (Lipinski definition) is 0. The number of aryl methyl sites for hydroxylation is 1. The van der Waals surface area contributed by atoms with Gasteiger partial charge < -0.3 is 0 Å². The molecule has 0 bridgehead atoms. The molecule has 0 unspecified atom stereocenters.